The van der Waals surface area contributed by atoms with Gasteiger partial charge in [0.05, 0.1) is 23.6 Å². The molecule has 7 heteroatoms. The standard InChI is InChI=1S/C24H27N5O2/c1-2-4-20-15(3-1)22(19(12-31-20)29-9-7-21-18(29)8-10-30-21)28-24-16-11-17(14-5-6-14)27-23(16)25-13-26-24/h1-4,11,13-14,18-19,21-22H,5-10,12H2,(H2,25,26,27,28)/t18-,19+,21+,22+/m1/s1. The van der Waals surface area contributed by atoms with Gasteiger partial charge < -0.3 is 19.8 Å². The van der Waals surface area contributed by atoms with Crippen LogP contribution in [0.25, 0.3) is 11.0 Å². The van der Waals surface area contributed by atoms with Gasteiger partial charge in [-0.1, -0.05) is 18.2 Å². The van der Waals surface area contributed by atoms with E-state index in [1.54, 1.807) is 6.33 Å². The van der Waals surface area contributed by atoms with Crippen molar-refractivity contribution in [3.63, 3.8) is 0 Å². The van der Waals surface area contributed by atoms with Crippen LogP contribution in [0.15, 0.2) is 36.7 Å². The molecule has 0 amide bonds. The van der Waals surface area contributed by atoms with E-state index in [1.807, 2.05) is 6.07 Å². The van der Waals surface area contributed by atoms with Gasteiger partial charge in [0.2, 0.25) is 0 Å². The molecule has 0 spiro atoms. The van der Waals surface area contributed by atoms with Crippen LogP contribution in [0, 0.1) is 0 Å². The minimum absolute atomic E-state index is 0.0988. The number of benzene rings is 1. The van der Waals surface area contributed by atoms with E-state index >= 15 is 0 Å². The highest BCUT2D eigenvalue weighted by atomic mass is 16.5. The summed E-state index contributed by atoms with van der Waals surface area (Å²) in [5.41, 5.74) is 3.40. The Hall–Kier alpha value is -2.64. The maximum absolute atomic E-state index is 6.23. The fraction of sp³-hybridized carbons (Fsp3) is 0.500. The zero-order valence-electron chi connectivity index (χ0n) is 17.5. The number of fused-ring (bicyclic) bond motifs is 3. The van der Waals surface area contributed by atoms with Gasteiger partial charge in [-0.3, -0.25) is 4.90 Å². The number of nitrogens with zero attached hydrogens (tertiary/aromatic N) is 3. The fourth-order valence-corrected chi connectivity index (χ4v) is 5.79. The minimum Gasteiger partial charge on any atom is -0.491 e. The summed E-state index contributed by atoms with van der Waals surface area (Å²) < 4.78 is 12.2. The Balaban J connectivity index is 1.28. The van der Waals surface area contributed by atoms with Crippen LogP contribution in [0.2, 0.25) is 0 Å². The van der Waals surface area contributed by atoms with Gasteiger partial charge in [0, 0.05) is 30.5 Å². The predicted octanol–water partition coefficient (Wildman–Crippen LogP) is 3.61. The normalized spacial score (nSPS) is 30.2. The van der Waals surface area contributed by atoms with Crippen LogP contribution >= 0.6 is 0 Å². The van der Waals surface area contributed by atoms with Crippen LogP contribution in [-0.2, 0) is 4.74 Å². The SMILES string of the molecule is c1ccc2c(c1)OC[C@H](N1CC[C@@H]3OCC[C@H]31)[C@H]2Nc1ncnc2[nH]c(C3CC3)cc12. The third kappa shape index (κ3) is 2.94. The van der Waals surface area contributed by atoms with E-state index in [-0.39, 0.29) is 12.1 Å². The maximum atomic E-state index is 6.23. The van der Waals surface area contributed by atoms with E-state index in [0.717, 1.165) is 48.6 Å². The summed E-state index contributed by atoms with van der Waals surface area (Å²) in [7, 11) is 0. The third-order valence-electron chi connectivity index (χ3n) is 7.50. The van der Waals surface area contributed by atoms with Gasteiger partial charge in [0.25, 0.3) is 0 Å². The van der Waals surface area contributed by atoms with E-state index in [9.17, 15) is 0 Å². The first kappa shape index (κ1) is 18.0. The van der Waals surface area contributed by atoms with Crippen molar-refractivity contribution in [3.8, 4) is 5.75 Å². The molecule has 0 radical (unpaired) electrons. The van der Waals surface area contributed by atoms with E-state index in [2.05, 4.69) is 49.4 Å². The number of likely N-dealkylation sites (tertiary alicyclic amines) is 1. The maximum Gasteiger partial charge on any atom is 0.143 e. The lowest BCUT2D eigenvalue weighted by atomic mass is 9.94. The molecule has 4 atom stereocenters. The van der Waals surface area contributed by atoms with Crippen molar-refractivity contribution in [2.24, 2.45) is 0 Å². The lowest BCUT2D eigenvalue weighted by molar-refractivity contribution is 0.0745. The van der Waals surface area contributed by atoms with Crippen molar-refractivity contribution in [3.05, 3.63) is 47.9 Å². The minimum atomic E-state index is 0.0988. The van der Waals surface area contributed by atoms with E-state index in [1.165, 1.54) is 24.1 Å². The number of anilines is 1. The van der Waals surface area contributed by atoms with Gasteiger partial charge in [0.15, 0.2) is 0 Å². The van der Waals surface area contributed by atoms with Crippen LogP contribution in [0.4, 0.5) is 5.82 Å². The topological polar surface area (TPSA) is 75.3 Å². The second-order valence-electron chi connectivity index (χ2n) is 9.31. The summed E-state index contributed by atoms with van der Waals surface area (Å²) in [5, 5.41) is 4.91. The molecule has 31 heavy (non-hydrogen) atoms. The smallest absolute Gasteiger partial charge is 0.143 e. The molecular weight excluding hydrogens is 390 g/mol. The third-order valence-corrected chi connectivity index (χ3v) is 7.50. The summed E-state index contributed by atoms with van der Waals surface area (Å²) in [6.07, 6.45) is 6.77. The van der Waals surface area contributed by atoms with Gasteiger partial charge in [-0.25, -0.2) is 9.97 Å². The van der Waals surface area contributed by atoms with Crippen molar-refractivity contribution in [2.45, 2.75) is 55.8 Å². The van der Waals surface area contributed by atoms with Crippen molar-refractivity contribution in [1.82, 2.24) is 19.9 Å². The van der Waals surface area contributed by atoms with Crippen molar-refractivity contribution in [2.75, 3.05) is 25.1 Å². The summed E-state index contributed by atoms with van der Waals surface area (Å²) >= 11 is 0. The second-order valence-corrected chi connectivity index (χ2v) is 9.31. The molecule has 0 unspecified atom stereocenters. The Kier molecular flexibility index (Phi) is 4.02. The molecule has 3 aromatic rings. The molecule has 4 aliphatic rings. The highest BCUT2D eigenvalue weighted by molar-refractivity contribution is 5.88. The summed E-state index contributed by atoms with van der Waals surface area (Å²) in [4.78, 5) is 15.3. The van der Waals surface area contributed by atoms with Gasteiger partial charge in [-0.05, 0) is 43.7 Å². The molecule has 1 aliphatic carbocycles. The fourth-order valence-electron chi connectivity index (χ4n) is 5.79. The number of para-hydroxylation sites is 1. The number of aromatic amines is 1. The molecule has 1 saturated carbocycles. The summed E-state index contributed by atoms with van der Waals surface area (Å²) in [6, 6.07) is 11.5. The Morgan fingerprint density at radius 3 is 2.94 bits per heavy atom. The lowest BCUT2D eigenvalue weighted by Crippen LogP contribution is -2.50. The zero-order valence-corrected chi connectivity index (χ0v) is 17.5. The first-order chi connectivity index (χ1) is 15.3. The Labute approximate surface area is 181 Å². The predicted molar refractivity (Wildman–Crippen MR) is 117 cm³/mol. The quantitative estimate of drug-likeness (QED) is 0.676. The summed E-state index contributed by atoms with van der Waals surface area (Å²) in [5.74, 6) is 2.52. The Morgan fingerprint density at radius 1 is 1.06 bits per heavy atom. The van der Waals surface area contributed by atoms with Crippen LogP contribution in [0.1, 0.15) is 48.9 Å². The van der Waals surface area contributed by atoms with Crippen molar-refractivity contribution in [1.29, 1.82) is 0 Å². The molecule has 5 heterocycles. The monoisotopic (exact) mass is 417 g/mol. The molecule has 160 valence electrons. The van der Waals surface area contributed by atoms with Crippen molar-refractivity contribution >= 4 is 16.9 Å². The molecule has 2 aromatic heterocycles. The van der Waals surface area contributed by atoms with Gasteiger partial charge in [-0.2, -0.15) is 0 Å². The highest BCUT2D eigenvalue weighted by Crippen LogP contribution is 2.43. The molecular formula is C24H27N5O2. The molecule has 0 bridgehead atoms. The first-order valence-electron chi connectivity index (χ1n) is 11.5. The van der Waals surface area contributed by atoms with Crippen LogP contribution in [0.5, 0.6) is 5.75 Å². The molecule has 1 aromatic carbocycles. The Morgan fingerprint density at radius 2 is 2.00 bits per heavy atom. The number of aromatic nitrogens is 3. The van der Waals surface area contributed by atoms with E-state index < -0.39 is 0 Å². The average molecular weight is 418 g/mol. The number of rotatable bonds is 4. The number of hydrogen-bond acceptors (Lipinski definition) is 6. The second kappa shape index (κ2) is 6.93. The zero-order chi connectivity index (χ0) is 20.4. The molecule has 3 fully saturated rings. The van der Waals surface area contributed by atoms with Gasteiger partial charge in [-0.15, -0.1) is 0 Å². The van der Waals surface area contributed by atoms with Crippen molar-refractivity contribution < 1.29 is 9.47 Å². The number of ether oxygens (including phenoxy) is 2. The first-order valence-corrected chi connectivity index (χ1v) is 11.5. The number of H-pyrrole nitrogens is 1. The highest BCUT2D eigenvalue weighted by Gasteiger charge is 2.46. The van der Waals surface area contributed by atoms with Crippen LogP contribution in [-0.4, -0.2) is 57.8 Å². The van der Waals surface area contributed by atoms with Crippen LogP contribution < -0.4 is 10.1 Å². The molecule has 2 saturated heterocycles. The van der Waals surface area contributed by atoms with Gasteiger partial charge >= 0.3 is 0 Å². The molecule has 3 aliphatic heterocycles. The molecule has 7 nitrogen and oxygen atoms in total. The molecule has 2 N–H and O–H groups in total. The average Bonchev–Trinajstić information content (AvgIpc) is 3.19. The van der Waals surface area contributed by atoms with Crippen LogP contribution in [0.3, 0.4) is 0 Å². The number of nitrogens with one attached hydrogen (secondary N) is 2. The summed E-state index contributed by atoms with van der Waals surface area (Å²) in [6.45, 7) is 2.60. The number of hydrogen-bond donors (Lipinski definition) is 2. The lowest BCUT2D eigenvalue weighted by Gasteiger charge is -2.41. The molecule has 7 rings (SSSR count). The van der Waals surface area contributed by atoms with E-state index in [0.29, 0.717) is 24.7 Å². The van der Waals surface area contributed by atoms with Gasteiger partial charge in [0.1, 0.15) is 30.1 Å². The largest absolute Gasteiger partial charge is 0.491 e. The Bertz CT molecular complexity index is 1130. The van der Waals surface area contributed by atoms with E-state index in [4.69, 9.17) is 9.47 Å².